The average Bonchev–Trinajstić information content (AvgIpc) is 3.23. The lowest BCUT2D eigenvalue weighted by molar-refractivity contribution is -0.139. The minimum absolute atomic E-state index is 0.00288. The van der Waals surface area contributed by atoms with Gasteiger partial charge in [-0.2, -0.15) is 0 Å². The fourth-order valence-corrected chi connectivity index (χ4v) is 5.78. The van der Waals surface area contributed by atoms with Gasteiger partial charge in [0.25, 0.3) is 0 Å². The molecule has 2 fully saturated rings. The highest BCUT2D eigenvalue weighted by molar-refractivity contribution is 7.16. The largest absolute Gasteiger partial charge is 0.353 e. The maximum Gasteiger partial charge on any atom is 0.232 e. The van der Waals surface area contributed by atoms with Crippen LogP contribution >= 0.6 is 11.3 Å². The molecule has 1 aromatic heterocycles. The number of aliphatic imine (C=N–C) groups is 1. The molecule has 0 spiro atoms. The number of anilines is 2. The Hall–Kier alpha value is -2.71. The molecule has 1 atom stereocenters. The Morgan fingerprint density at radius 2 is 1.85 bits per heavy atom. The van der Waals surface area contributed by atoms with Crippen LogP contribution in [0, 0.1) is 12.8 Å². The third kappa shape index (κ3) is 4.54. The molecule has 174 valence electrons. The standard InChI is InChI=1S/C25H31N5O2S/c1-17-15-22(31)30(25(17)32)10-6-5-9-28-11-13-29(14-12-28)23-19-16-18(2)33-24(19)27-21-8-4-3-7-20(21)26-23/h3-4,7-8,16-17,27H,5-6,9-15H2,1-2H3. The number of amidine groups is 1. The van der Waals surface area contributed by atoms with Gasteiger partial charge >= 0.3 is 0 Å². The van der Waals surface area contributed by atoms with Crippen LogP contribution in [0.5, 0.6) is 0 Å². The third-order valence-corrected chi connectivity index (χ3v) is 7.69. The smallest absolute Gasteiger partial charge is 0.232 e. The number of piperazine rings is 1. The van der Waals surface area contributed by atoms with Gasteiger partial charge in [-0.15, -0.1) is 11.3 Å². The lowest BCUT2D eigenvalue weighted by Crippen LogP contribution is -2.49. The van der Waals surface area contributed by atoms with E-state index in [0.29, 0.717) is 13.0 Å². The minimum Gasteiger partial charge on any atom is -0.353 e. The van der Waals surface area contributed by atoms with E-state index in [0.717, 1.165) is 62.8 Å². The van der Waals surface area contributed by atoms with E-state index in [1.807, 2.05) is 19.1 Å². The number of imide groups is 1. The quantitative estimate of drug-likeness (QED) is 0.534. The summed E-state index contributed by atoms with van der Waals surface area (Å²) < 4.78 is 0. The number of unbranched alkanes of at least 4 members (excludes halogenated alkanes) is 1. The number of benzene rings is 1. The van der Waals surface area contributed by atoms with Crippen LogP contribution in [0.2, 0.25) is 0 Å². The second kappa shape index (κ2) is 9.27. The topological polar surface area (TPSA) is 68.2 Å². The molecule has 0 radical (unpaired) electrons. The molecule has 2 saturated heterocycles. The van der Waals surface area contributed by atoms with Crippen molar-refractivity contribution in [2.75, 3.05) is 44.6 Å². The molecule has 0 bridgehead atoms. The summed E-state index contributed by atoms with van der Waals surface area (Å²) in [5, 5.41) is 4.75. The zero-order valence-electron chi connectivity index (χ0n) is 19.3. The van der Waals surface area contributed by atoms with Crippen molar-refractivity contribution >= 4 is 45.4 Å². The van der Waals surface area contributed by atoms with Crippen molar-refractivity contribution < 1.29 is 9.59 Å². The molecule has 8 heteroatoms. The lowest BCUT2D eigenvalue weighted by atomic mass is 10.1. The molecule has 2 aromatic rings. The molecule has 7 nitrogen and oxygen atoms in total. The zero-order valence-corrected chi connectivity index (χ0v) is 20.2. The monoisotopic (exact) mass is 465 g/mol. The van der Waals surface area contributed by atoms with Crippen LogP contribution in [0.4, 0.5) is 16.4 Å². The summed E-state index contributed by atoms with van der Waals surface area (Å²) in [5.74, 6) is 0.903. The SMILES string of the molecule is Cc1cc2c(s1)Nc1ccccc1N=C2N1CCN(CCCCN2C(=O)CC(C)C2=O)CC1. The van der Waals surface area contributed by atoms with Gasteiger partial charge in [-0.25, -0.2) is 4.99 Å². The van der Waals surface area contributed by atoms with Crippen molar-refractivity contribution in [3.63, 3.8) is 0 Å². The molecule has 0 saturated carbocycles. The summed E-state index contributed by atoms with van der Waals surface area (Å²) in [7, 11) is 0. The lowest BCUT2D eigenvalue weighted by Gasteiger charge is -2.36. The first kappa shape index (κ1) is 22.1. The Kier molecular flexibility index (Phi) is 6.21. The van der Waals surface area contributed by atoms with E-state index in [-0.39, 0.29) is 17.7 Å². The van der Waals surface area contributed by atoms with Crippen molar-refractivity contribution in [3.05, 3.63) is 40.8 Å². The van der Waals surface area contributed by atoms with Gasteiger partial charge in [0.05, 0.1) is 16.9 Å². The summed E-state index contributed by atoms with van der Waals surface area (Å²) in [5.41, 5.74) is 3.23. The number of carbonyl (C=O) groups is 2. The molecule has 2 amide bonds. The summed E-state index contributed by atoms with van der Waals surface area (Å²) in [6.45, 7) is 9.41. The number of hydrogen-bond acceptors (Lipinski definition) is 7. The first-order chi connectivity index (χ1) is 16.0. The van der Waals surface area contributed by atoms with E-state index in [4.69, 9.17) is 4.99 Å². The normalized spacial score (nSPS) is 20.9. The summed E-state index contributed by atoms with van der Waals surface area (Å²) in [4.78, 5) is 36.7. The Morgan fingerprint density at radius 1 is 1.09 bits per heavy atom. The third-order valence-electron chi connectivity index (χ3n) is 6.72. The first-order valence-corrected chi connectivity index (χ1v) is 12.7. The van der Waals surface area contributed by atoms with Crippen molar-refractivity contribution in [1.29, 1.82) is 0 Å². The number of carbonyl (C=O) groups excluding carboxylic acids is 2. The summed E-state index contributed by atoms with van der Waals surface area (Å²) in [6, 6.07) is 10.5. The Morgan fingerprint density at radius 3 is 2.61 bits per heavy atom. The van der Waals surface area contributed by atoms with Crippen molar-refractivity contribution in [2.24, 2.45) is 10.9 Å². The average molecular weight is 466 g/mol. The second-order valence-corrected chi connectivity index (χ2v) is 10.5. The fourth-order valence-electron chi connectivity index (χ4n) is 4.86. The molecular formula is C25H31N5O2S. The van der Waals surface area contributed by atoms with Crippen LogP contribution in [0.25, 0.3) is 0 Å². The van der Waals surface area contributed by atoms with E-state index in [1.54, 1.807) is 11.3 Å². The first-order valence-electron chi connectivity index (χ1n) is 11.9. The number of para-hydroxylation sites is 2. The van der Waals surface area contributed by atoms with Gasteiger partial charge in [0, 0.05) is 49.9 Å². The Labute approximate surface area is 199 Å². The minimum atomic E-state index is -0.146. The molecule has 5 rings (SSSR count). The number of nitrogens with zero attached hydrogens (tertiary/aromatic N) is 4. The van der Waals surface area contributed by atoms with E-state index < -0.39 is 0 Å². The highest BCUT2D eigenvalue weighted by atomic mass is 32.1. The van der Waals surface area contributed by atoms with E-state index in [2.05, 4.69) is 40.2 Å². The molecule has 0 aliphatic carbocycles. The fraction of sp³-hybridized carbons (Fsp3) is 0.480. The van der Waals surface area contributed by atoms with Crippen LogP contribution in [-0.4, -0.2) is 71.6 Å². The van der Waals surface area contributed by atoms with Gasteiger partial charge in [-0.05, 0) is 44.5 Å². The van der Waals surface area contributed by atoms with Gasteiger partial charge < -0.3 is 10.2 Å². The van der Waals surface area contributed by atoms with Crippen LogP contribution < -0.4 is 5.32 Å². The molecule has 1 aromatic carbocycles. The van der Waals surface area contributed by atoms with Crippen LogP contribution in [0.3, 0.4) is 0 Å². The van der Waals surface area contributed by atoms with Gasteiger partial charge in [-0.3, -0.25) is 19.4 Å². The van der Waals surface area contributed by atoms with E-state index >= 15 is 0 Å². The van der Waals surface area contributed by atoms with Gasteiger partial charge in [0.1, 0.15) is 10.8 Å². The molecular weight excluding hydrogens is 434 g/mol. The maximum absolute atomic E-state index is 12.1. The number of fused-ring (bicyclic) bond motifs is 2. The predicted molar refractivity (Wildman–Crippen MR) is 133 cm³/mol. The van der Waals surface area contributed by atoms with E-state index in [9.17, 15) is 9.59 Å². The van der Waals surface area contributed by atoms with Gasteiger partial charge in [0.2, 0.25) is 11.8 Å². The highest BCUT2D eigenvalue weighted by Gasteiger charge is 2.34. The number of likely N-dealkylation sites (tertiary alicyclic amines) is 1. The maximum atomic E-state index is 12.1. The van der Waals surface area contributed by atoms with Gasteiger partial charge in [-0.1, -0.05) is 19.1 Å². The van der Waals surface area contributed by atoms with E-state index in [1.165, 1.54) is 20.3 Å². The molecule has 3 aliphatic rings. The number of hydrogen-bond donors (Lipinski definition) is 1. The van der Waals surface area contributed by atoms with Crippen LogP contribution in [0.1, 0.15) is 36.6 Å². The number of aryl methyl sites for hydroxylation is 1. The second-order valence-electron chi connectivity index (χ2n) is 9.20. The number of rotatable bonds is 5. The van der Waals surface area contributed by atoms with Crippen LogP contribution in [-0.2, 0) is 9.59 Å². The summed E-state index contributed by atoms with van der Waals surface area (Å²) >= 11 is 1.78. The van der Waals surface area contributed by atoms with Crippen LogP contribution in [0.15, 0.2) is 35.3 Å². The number of thiophene rings is 1. The Balaban J connectivity index is 1.18. The van der Waals surface area contributed by atoms with Crippen molar-refractivity contribution in [2.45, 2.75) is 33.1 Å². The van der Waals surface area contributed by atoms with Crippen molar-refractivity contribution in [3.8, 4) is 0 Å². The molecule has 4 heterocycles. The number of amides is 2. The molecule has 1 N–H and O–H groups in total. The predicted octanol–water partition coefficient (Wildman–Crippen LogP) is 3.98. The summed E-state index contributed by atoms with van der Waals surface area (Å²) in [6.07, 6.45) is 2.24. The molecule has 1 unspecified atom stereocenters. The van der Waals surface area contributed by atoms with Gasteiger partial charge in [0.15, 0.2) is 0 Å². The molecule has 33 heavy (non-hydrogen) atoms. The molecule has 3 aliphatic heterocycles. The number of nitrogens with one attached hydrogen (secondary N) is 1. The van der Waals surface area contributed by atoms with Crippen molar-refractivity contribution in [1.82, 2.24) is 14.7 Å². The highest BCUT2D eigenvalue weighted by Crippen LogP contribution is 2.39. The zero-order chi connectivity index (χ0) is 22.9. The Bertz CT molecular complexity index is 1090.